The van der Waals surface area contributed by atoms with E-state index in [2.05, 4.69) is 5.32 Å². The maximum absolute atomic E-state index is 13.2. The second-order valence-corrected chi connectivity index (χ2v) is 9.60. The van der Waals surface area contributed by atoms with E-state index in [1.54, 1.807) is 17.5 Å². The van der Waals surface area contributed by atoms with Gasteiger partial charge in [-0.3, -0.25) is 13.9 Å². The summed E-state index contributed by atoms with van der Waals surface area (Å²) in [5, 5.41) is 4.22. The highest BCUT2D eigenvalue weighted by molar-refractivity contribution is 7.93. The van der Waals surface area contributed by atoms with Crippen molar-refractivity contribution in [2.45, 2.75) is 18.7 Å². The van der Waals surface area contributed by atoms with Crippen molar-refractivity contribution in [3.63, 3.8) is 0 Å². The maximum atomic E-state index is 13.2. The van der Waals surface area contributed by atoms with E-state index < -0.39 is 21.8 Å². The normalized spacial score (nSPS) is 11.2. The molecule has 0 saturated carbocycles. The molecule has 2 amide bonds. The molecule has 30 heavy (non-hydrogen) atoms. The van der Waals surface area contributed by atoms with E-state index in [0.717, 1.165) is 22.5 Å². The predicted molar refractivity (Wildman–Crippen MR) is 119 cm³/mol. The summed E-state index contributed by atoms with van der Waals surface area (Å²) in [6.07, 6.45) is 0. The molecule has 156 valence electrons. The molecule has 7 nitrogen and oxygen atoms in total. The first-order chi connectivity index (χ1) is 14.1. The standard InChI is InChI=1S/C21H21N3O4S2/c1-13-4-9-17(12-14(13)2)24(3)30(27,28)18-10-11-29-19(18)21(26)23-16-7-5-15(6-8-16)20(22)25/h4-12H,1-3H3,(H2,22,25)(H,23,26). The lowest BCUT2D eigenvalue weighted by Gasteiger charge is -2.20. The van der Waals surface area contributed by atoms with Gasteiger partial charge in [0.05, 0.1) is 5.69 Å². The van der Waals surface area contributed by atoms with Crippen molar-refractivity contribution in [3.05, 3.63) is 75.5 Å². The zero-order chi connectivity index (χ0) is 22.1. The molecule has 0 aliphatic heterocycles. The molecule has 0 unspecified atom stereocenters. The van der Waals surface area contributed by atoms with Gasteiger partial charge in [-0.05, 0) is 72.8 Å². The summed E-state index contributed by atoms with van der Waals surface area (Å²) in [4.78, 5) is 23.9. The number of rotatable bonds is 6. The van der Waals surface area contributed by atoms with Crippen molar-refractivity contribution in [1.29, 1.82) is 0 Å². The first-order valence-corrected chi connectivity index (χ1v) is 11.3. The lowest BCUT2D eigenvalue weighted by Crippen LogP contribution is -2.28. The van der Waals surface area contributed by atoms with Crippen LogP contribution in [0.3, 0.4) is 0 Å². The number of amides is 2. The number of hydrogen-bond acceptors (Lipinski definition) is 5. The molecule has 3 rings (SSSR count). The highest BCUT2D eigenvalue weighted by Gasteiger charge is 2.28. The first-order valence-electron chi connectivity index (χ1n) is 8.96. The van der Waals surface area contributed by atoms with Crippen molar-refractivity contribution in [2.75, 3.05) is 16.7 Å². The molecule has 0 spiro atoms. The Hall–Kier alpha value is -3.17. The Bertz CT molecular complexity index is 1220. The average Bonchev–Trinajstić information content (AvgIpc) is 3.21. The Morgan fingerprint density at radius 1 is 1.00 bits per heavy atom. The van der Waals surface area contributed by atoms with Crippen LogP contribution in [0.2, 0.25) is 0 Å². The number of aryl methyl sites for hydroxylation is 2. The number of carbonyl (C=O) groups excluding carboxylic acids is 2. The molecule has 9 heteroatoms. The SMILES string of the molecule is Cc1ccc(N(C)S(=O)(=O)c2ccsc2C(=O)Nc2ccc(C(N)=O)cc2)cc1C. The van der Waals surface area contributed by atoms with Gasteiger partial charge in [-0.2, -0.15) is 0 Å². The summed E-state index contributed by atoms with van der Waals surface area (Å²) in [6, 6.07) is 12.8. The molecule has 2 aromatic carbocycles. The van der Waals surface area contributed by atoms with Crippen molar-refractivity contribution < 1.29 is 18.0 Å². The summed E-state index contributed by atoms with van der Waals surface area (Å²) in [5.41, 5.74) is 8.48. The second kappa shape index (κ2) is 8.29. The van der Waals surface area contributed by atoms with Gasteiger partial charge in [-0.15, -0.1) is 11.3 Å². The van der Waals surface area contributed by atoms with Gasteiger partial charge in [0.25, 0.3) is 15.9 Å². The molecule has 0 saturated heterocycles. The van der Waals surface area contributed by atoms with Crippen LogP contribution >= 0.6 is 11.3 Å². The van der Waals surface area contributed by atoms with Crippen LogP contribution in [-0.4, -0.2) is 27.3 Å². The molecule has 0 atom stereocenters. The monoisotopic (exact) mass is 443 g/mol. The van der Waals surface area contributed by atoms with Crippen molar-refractivity contribution >= 4 is 44.5 Å². The number of nitrogens with zero attached hydrogens (tertiary/aromatic N) is 1. The highest BCUT2D eigenvalue weighted by atomic mass is 32.2. The van der Waals surface area contributed by atoms with Crippen LogP contribution in [0.5, 0.6) is 0 Å². The fourth-order valence-corrected chi connectivity index (χ4v) is 5.26. The fraction of sp³-hybridized carbons (Fsp3) is 0.143. The van der Waals surface area contributed by atoms with Gasteiger partial charge in [0, 0.05) is 18.3 Å². The topological polar surface area (TPSA) is 110 Å². The fourth-order valence-electron chi connectivity index (χ4n) is 2.78. The smallest absolute Gasteiger partial charge is 0.267 e. The summed E-state index contributed by atoms with van der Waals surface area (Å²) in [7, 11) is -2.48. The summed E-state index contributed by atoms with van der Waals surface area (Å²) < 4.78 is 27.5. The lowest BCUT2D eigenvalue weighted by atomic mass is 10.1. The van der Waals surface area contributed by atoms with E-state index in [4.69, 9.17) is 5.73 Å². The molecule has 0 fully saturated rings. The van der Waals surface area contributed by atoms with Gasteiger partial charge >= 0.3 is 0 Å². The summed E-state index contributed by atoms with van der Waals surface area (Å²) >= 11 is 1.04. The van der Waals surface area contributed by atoms with Crippen molar-refractivity contribution in [1.82, 2.24) is 0 Å². The third-order valence-corrected chi connectivity index (χ3v) is 7.63. The van der Waals surface area contributed by atoms with Gasteiger partial charge in [0.15, 0.2) is 0 Å². The number of carbonyl (C=O) groups is 2. The van der Waals surface area contributed by atoms with Crippen LogP contribution < -0.4 is 15.4 Å². The van der Waals surface area contributed by atoms with Crippen LogP contribution in [0.1, 0.15) is 31.2 Å². The largest absolute Gasteiger partial charge is 0.366 e. The van der Waals surface area contributed by atoms with E-state index in [1.807, 2.05) is 19.9 Å². The zero-order valence-electron chi connectivity index (χ0n) is 16.7. The van der Waals surface area contributed by atoms with Gasteiger partial charge < -0.3 is 11.1 Å². The van der Waals surface area contributed by atoms with Gasteiger partial charge in [-0.1, -0.05) is 6.07 Å². The third kappa shape index (κ3) is 4.22. The van der Waals surface area contributed by atoms with Crippen LogP contribution in [0.4, 0.5) is 11.4 Å². The van der Waals surface area contributed by atoms with Gasteiger partial charge in [-0.25, -0.2) is 8.42 Å². The molecule has 3 N–H and O–H groups in total. The Morgan fingerprint density at radius 3 is 2.27 bits per heavy atom. The zero-order valence-corrected chi connectivity index (χ0v) is 18.3. The van der Waals surface area contributed by atoms with Crippen molar-refractivity contribution in [3.8, 4) is 0 Å². The van der Waals surface area contributed by atoms with Crippen LogP contribution in [0, 0.1) is 13.8 Å². The average molecular weight is 444 g/mol. The van der Waals surface area contributed by atoms with E-state index in [0.29, 0.717) is 16.9 Å². The molecular weight excluding hydrogens is 422 g/mol. The molecule has 3 aromatic rings. The molecule has 1 aromatic heterocycles. The highest BCUT2D eigenvalue weighted by Crippen LogP contribution is 2.29. The number of nitrogens with one attached hydrogen (secondary N) is 1. The minimum atomic E-state index is -3.94. The summed E-state index contributed by atoms with van der Waals surface area (Å²) in [5.74, 6) is -1.13. The van der Waals surface area contributed by atoms with Crippen molar-refractivity contribution in [2.24, 2.45) is 5.73 Å². The number of anilines is 2. The number of nitrogens with two attached hydrogens (primary N) is 1. The minimum Gasteiger partial charge on any atom is -0.366 e. The maximum Gasteiger partial charge on any atom is 0.267 e. The molecule has 0 aliphatic carbocycles. The second-order valence-electron chi connectivity index (χ2n) is 6.75. The number of primary amides is 1. The summed E-state index contributed by atoms with van der Waals surface area (Å²) in [6.45, 7) is 3.86. The molecule has 0 aliphatic rings. The third-order valence-electron chi connectivity index (χ3n) is 4.76. The predicted octanol–water partition coefficient (Wildman–Crippen LogP) is 3.54. The van der Waals surface area contributed by atoms with Gasteiger partial charge in [0.1, 0.15) is 9.77 Å². The Kier molecular flexibility index (Phi) is 5.95. The van der Waals surface area contributed by atoms with Crippen LogP contribution in [0.15, 0.2) is 58.8 Å². The van der Waals surface area contributed by atoms with E-state index in [-0.39, 0.29) is 9.77 Å². The number of benzene rings is 2. The quantitative estimate of drug-likeness (QED) is 0.607. The molecule has 0 bridgehead atoms. The van der Waals surface area contributed by atoms with Gasteiger partial charge in [0.2, 0.25) is 5.91 Å². The van der Waals surface area contributed by atoms with E-state index in [1.165, 1.54) is 41.7 Å². The lowest BCUT2D eigenvalue weighted by molar-refractivity contribution is 0.0998. The molecular formula is C21H21N3O4S2. The molecule has 1 heterocycles. The van der Waals surface area contributed by atoms with Crippen LogP contribution in [0.25, 0.3) is 0 Å². The van der Waals surface area contributed by atoms with E-state index >= 15 is 0 Å². The number of hydrogen-bond donors (Lipinski definition) is 2. The first kappa shape index (κ1) is 21.5. The van der Waals surface area contributed by atoms with E-state index in [9.17, 15) is 18.0 Å². The Balaban J connectivity index is 1.88. The minimum absolute atomic E-state index is 0.0699. The Morgan fingerprint density at radius 2 is 1.67 bits per heavy atom. The number of sulfonamides is 1. The Labute approximate surface area is 179 Å². The molecule has 0 radical (unpaired) electrons. The number of thiophene rings is 1. The van der Waals surface area contributed by atoms with Crippen LogP contribution in [-0.2, 0) is 10.0 Å².